The lowest BCUT2D eigenvalue weighted by Gasteiger charge is -2.41. The molecule has 3 saturated heterocycles. The summed E-state index contributed by atoms with van der Waals surface area (Å²) in [4.78, 5) is 25.0. The van der Waals surface area contributed by atoms with E-state index in [1.54, 1.807) is 0 Å². The van der Waals surface area contributed by atoms with E-state index in [2.05, 4.69) is 14.7 Å². The highest BCUT2D eigenvalue weighted by Crippen LogP contribution is 2.44. The van der Waals surface area contributed by atoms with Gasteiger partial charge in [0.2, 0.25) is 5.91 Å². The summed E-state index contributed by atoms with van der Waals surface area (Å²) in [6, 6.07) is 2.35. The molecule has 30 heavy (non-hydrogen) atoms. The number of pyridine rings is 1. The number of hydrogen-bond donors (Lipinski definition) is 1. The van der Waals surface area contributed by atoms with E-state index >= 15 is 0 Å². The van der Waals surface area contributed by atoms with Gasteiger partial charge in [-0.15, -0.1) is 0 Å². The third kappa shape index (κ3) is 3.66. The zero-order chi connectivity index (χ0) is 20.7. The normalized spacial score (nSPS) is 32.5. The molecule has 1 aromatic rings. The van der Waals surface area contributed by atoms with E-state index in [1.807, 2.05) is 12.3 Å². The summed E-state index contributed by atoms with van der Waals surface area (Å²) in [6.45, 7) is 4.62. The molecule has 4 aliphatic rings. The van der Waals surface area contributed by atoms with Gasteiger partial charge in [0.15, 0.2) is 0 Å². The summed E-state index contributed by atoms with van der Waals surface area (Å²) in [5.74, 6) is 1.14. The summed E-state index contributed by atoms with van der Waals surface area (Å²) in [7, 11) is 0. The van der Waals surface area contributed by atoms with Crippen LogP contribution in [0.2, 0.25) is 5.02 Å². The summed E-state index contributed by atoms with van der Waals surface area (Å²) in [6.07, 6.45) is 10.6. The van der Waals surface area contributed by atoms with Gasteiger partial charge in [-0.05, 0) is 63.9 Å². The Morgan fingerprint density at radius 3 is 2.47 bits per heavy atom. The van der Waals surface area contributed by atoms with Crippen LogP contribution >= 0.6 is 11.6 Å². The molecule has 1 atom stereocenters. The number of nitrogens with zero attached hydrogens (tertiary/aromatic N) is 4. The molecule has 1 unspecified atom stereocenters. The minimum atomic E-state index is -0.299. The van der Waals surface area contributed by atoms with Gasteiger partial charge < -0.3 is 19.8 Å². The van der Waals surface area contributed by atoms with Gasteiger partial charge in [-0.25, -0.2) is 4.98 Å². The fourth-order valence-corrected chi connectivity index (χ4v) is 6.34. The molecule has 1 spiro atoms. The van der Waals surface area contributed by atoms with Crippen molar-refractivity contribution in [2.45, 2.75) is 69.9 Å². The minimum absolute atomic E-state index is 0.185. The molecular formula is C23H33ClN4O2. The Hall–Kier alpha value is -1.53. The van der Waals surface area contributed by atoms with Crippen LogP contribution in [-0.2, 0) is 4.79 Å². The molecule has 7 heteroatoms. The fourth-order valence-electron chi connectivity index (χ4n) is 6.06. The predicted molar refractivity (Wildman–Crippen MR) is 119 cm³/mol. The van der Waals surface area contributed by atoms with Crippen molar-refractivity contribution in [3.8, 4) is 0 Å². The molecule has 0 bridgehead atoms. The average Bonchev–Trinajstić information content (AvgIpc) is 3.39. The molecule has 0 radical (unpaired) electrons. The van der Waals surface area contributed by atoms with Crippen molar-refractivity contribution >= 4 is 29.0 Å². The maximum Gasteiger partial charge on any atom is 0.230 e. The van der Waals surface area contributed by atoms with Gasteiger partial charge in [-0.2, -0.15) is 0 Å². The van der Waals surface area contributed by atoms with Crippen LogP contribution in [0.1, 0.15) is 57.8 Å². The second-order valence-corrected chi connectivity index (χ2v) is 10.1. The molecule has 4 fully saturated rings. The van der Waals surface area contributed by atoms with Gasteiger partial charge in [-0.1, -0.05) is 11.6 Å². The first-order valence-corrected chi connectivity index (χ1v) is 12.1. The van der Waals surface area contributed by atoms with Gasteiger partial charge in [0.05, 0.1) is 28.4 Å². The smallest absolute Gasteiger partial charge is 0.230 e. The average molecular weight is 433 g/mol. The summed E-state index contributed by atoms with van der Waals surface area (Å²) < 4.78 is 0. The second-order valence-electron chi connectivity index (χ2n) is 9.71. The minimum Gasteiger partial charge on any atom is -0.393 e. The first-order chi connectivity index (χ1) is 14.6. The highest BCUT2D eigenvalue weighted by atomic mass is 35.5. The quantitative estimate of drug-likeness (QED) is 0.792. The van der Waals surface area contributed by atoms with Crippen molar-refractivity contribution in [2.24, 2.45) is 5.41 Å². The number of piperidine rings is 1. The fraction of sp³-hybridized carbons (Fsp3) is 0.739. The van der Waals surface area contributed by atoms with Crippen LogP contribution < -0.4 is 9.80 Å². The number of anilines is 2. The molecule has 164 valence electrons. The molecule has 1 aromatic heterocycles. The van der Waals surface area contributed by atoms with Crippen molar-refractivity contribution in [1.82, 2.24) is 9.88 Å². The third-order valence-corrected chi connectivity index (χ3v) is 8.09. The number of halogens is 1. The Morgan fingerprint density at radius 1 is 1.00 bits per heavy atom. The number of rotatable bonds is 3. The van der Waals surface area contributed by atoms with Crippen LogP contribution in [0.5, 0.6) is 0 Å². The lowest BCUT2D eigenvalue weighted by atomic mass is 9.78. The first-order valence-electron chi connectivity index (χ1n) is 11.7. The van der Waals surface area contributed by atoms with E-state index in [9.17, 15) is 9.90 Å². The lowest BCUT2D eigenvalue weighted by Crippen LogP contribution is -2.50. The molecule has 5 rings (SSSR count). The number of amides is 1. The van der Waals surface area contributed by atoms with E-state index in [-0.39, 0.29) is 11.5 Å². The van der Waals surface area contributed by atoms with Gasteiger partial charge in [-0.3, -0.25) is 4.79 Å². The molecule has 0 aromatic carbocycles. The Bertz CT molecular complexity index is 791. The third-order valence-electron chi connectivity index (χ3n) is 7.81. The number of aliphatic hydroxyl groups is 1. The Kier molecular flexibility index (Phi) is 5.56. The zero-order valence-corrected chi connectivity index (χ0v) is 18.5. The molecular weight excluding hydrogens is 400 g/mol. The SMILES string of the molecule is O=C1N(C2CCC(O)CC2)CCC12CCCN(c1ncc(N3CCCC3)cc1Cl)C2. The van der Waals surface area contributed by atoms with E-state index < -0.39 is 0 Å². The van der Waals surface area contributed by atoms with Crippen molar-refractivity contribution in [2.75, 3.05) is 42.5 Å². The van der Waals surface area contributed by atoms with E-state index in [0.29, 0.717) is 23.5 Å². The predicted octanol–water partition coefficient (Wildman–Crippen LogP) is 3.46. The van der Waals surface area contributed by atoms with Crippen molar-refractivity contribution in [3.05, 3.63) is 17.3 Å². The maximum atomic E-state index is 13.5. The molecule has 4 heterocycles. The van der Waals surface area contributed by atoms with Crippen LogP contribution in [0.4, 0.5) is 11.5 Å². The molecule has 6 nitrogen and oxygen atoms in total. The summed E-state index contributed by atoms with van der Waals surface area (Å²) >= 11 is 6.69. The van der Waals surface area contributed by atoms with Crippen molar-refractivity contribution in [3.63, 3.8) is 0 Å². The van der Waals surface area contributed by atoms with Crippen LogP contribution in [0.25, 0.3) is 0 Å². The molecule has 1 aliphatic carbocycles. The number of likely N-dealkylation sites (tertiary alicyclic amines) is 1. The Labute approximate surface area is 184 Å². The number of hydrogen-bond acceptors (Lipinski definition) is 5. The number of aliphatic hydroxyl groups excluding tert-OH is 1. The first kappa shape index (κ1) is 20.4. The van der Waals surface area contributed by atoms with E-state index in [0.717, 1.165) is 82.6 Å². The molecule has 1 saturated carbocycles. The van der Waals surface area contributed by atoms with Crippen LogP contribution in [0.15, 0.2) is 12.3 Å². The van der Waals surface area contributed by atoms with Crippen molar-refractivity contribution < 1.29 is 9.90 Å². The number of carbonyl (C=O) groups excluding carboxylic acids is 1. The van der Waals surface area contributed by atoms with Gasteiger partial charge in [0.1, 0.15) is 5.82 Å². The van der Waals surface area contributed by atoms with Gasteiger partial charge in [0, 0.05) is 38.8 Å². The Balaban J connectivity index is 1.30. The molecule has 1 N–H and O–H groups in total. The van der Waals surface area contributed by atoms with E-state index in [4.69, 9.17) is 16.6 Å². The molecule has 1 amide bonds. The van der Waals surface area contributed by atoms with Crippen LogP contribution in [-0.4, -0.2) is 65.8 Å². The monoisotopic (exact) mass is 432 g/mol. The highest BCUT2D eigenvalue weighted by molar-refractivity contribution is 6.33. The number of aromatic nitrogens is 1. The molecule has 3 aliphatic heterocycles. The van der Waals surface area contributed by atoms with Gasteiger partial charge >= 0.3 is 0 Å². The Morgan fingerprint density at radius 2 is 1.73 bits per heavy atom. The van der Waals surface area contributed by atoms with Crippen LogP contribution in [0, 0.1) is 5.41 Å². The summed E-state index contributed by atoms with van der Waals surface area (Å²) in [5, 5.41) is 10.5. The topological polar surface area (TPSA) is 59.9 Å². The summed E-state index contributed by atoms with van der Waals surface area (Å²) in [5.41, 5.74) is 0.808. The highest BCUT2D eigenvalue weighted by Gasteiger charge is 2.51. The maximum absolute atomic E-state index is 13.5. The van der Waals surface area contributed by atoms with Gasteiger partial charge in [0.25, 0.3) is 0 Å². The van der Waals surface area contributed by atoms with E-state index in [1.165, 1.54) is 12.8 Å². The zero-order valence-electron chi connectivity index (χ0n) is 17.7. The van der Waals surface area contributed by atoms with Crippen molar-refractivity contribution in [1.29, 1.82) is 0 Å². The lowest BCUT2D eigenvalue weighted by molar-refractivity contribution is -0.139. The second kappa shape index (κ2) is 8.19. The standard InChI is InChI=1S/C23H33ClN4O2/c24-20-14-18(26-10-1-2-11-26)15-25-21(20)27-12-3-8-23(16-27)9-13-28(22(23)30)17-4-6-19(29)7-5-17/h14-15,17,19,29H,1-13,16H2. The largest absolute Gasteiger partial charge is 0.393 e. The number of carbonyl (C=O) groups is 1. The van der Waals surface area contributed by atoms with Crippen LogP contribution in [0.3, 0.4) is 0 Å².